The van der Waals surface area contributed by atoms with Crippen LogP contribution in [0.15, 0.2) is 24.3 Å². The summed E-state index contributed by atoms with van der Waals surface area (Å²) in [4.78, 5) is 2.34. The molecule has 0 aliphatic carbocycles. The first-order valence-electron chi connectivity index (χ1n) is 6.53. The summed E-state index contributed by atoms with van der Waals surface area (Å²) < 4.78 is 12.9. The third-order valence-corrected chi connectivity index (χ3v) is 3.30. The molecule has 3 heteroatoms. The first-order chi connectivity index (χ1) is 8.29. The number of nitrogens with one attached hydrogen (secondary N) is 1. The Balaban J connectivity index is 1.94. The summed E-state index contributed by atoms with van der Waals surface area (Å²) in [5.41, 5.74) is 1.13. The Morgan fingerprint density at radius 1 is 1.35 bits per heavy atom. The van der Waals surface area contributed by atoms with Gasteiger partial charge >= 0.3 is 0 Å². The Morgan fingerprint density at radius 3 is 2.82 bits per heavy atom. The number of benzene rings is 1. The van der Waals surface area contributed by atoms with Crippen LogP contribution >= 0.6 is 0 Å². The minimum atomic E-state index is -0.161. The lowest BCUT2D eigenvalue weighted by atomic mass is 10.0. The summed E-state index contributed by atoms with van der Waals surface area (Å²) >= 11 is 0. The van der Waals surface area contributed by atoms with Gasteiger partial charge < -0.3 is 10.2 Å². The van der Waals surface area contributed by atoms with Crippen LogP contribution in [-0.4, -0.2) is 25.7 Å². The molecule has 1 atom stereocenters. The van der Waals surface area contributed by atoms with Gasteiger partial charge in [0.25, 0.3) is 0 Å². The normalized spacial score (nSPS) is 20.6. The summed E-state index contributed by atoms with van der Waals surface area (Å²) in [5.74, 6) is -0.161. The average molecular weight is 236 g/mol. The van der Waals surface area contributed by atoms with Crippen molar-refractivity contribution in [3.05, 3.63) is 30.1 Å². The van der Waals surface area contributed by atoms with Crippen molar-refractivity contribution in [3.63, 3.8) is 0 Å². The van der Waals surface area contributed by atoms with Gasteiger partial charge in [-0.15, -0.1) is 0 Å². The highest BCUT2D eigenvalue weighted by atomic mass is 19.1. The molecular formula is C14H21FN2. The smallest absolute Gasteiger partial charge is 0.123 e. The van der Waals surface area contributed by atoms with Crippen LogP contribution in [0.3, 0.4) is 0 Å². The Kier molecular flexibility index (Phi) is 4.37. The molecule has 0 spiro atoms. The predicted molar refractivity (Wildman–Crippen MR) is 69.9 cm³/mol. The summed E-state index contributed by atoms with van der Waals surface area (Å²) in [7, 11) is 0. The van der Waals surface area contributed by atoms with Gasteiger partial charge in [-0.1, -0.05) is 6.92 Å². The standard InChI is InChI=1S/C14H21FN2/c1-2-9-16-13-4-3-10-17(11-13)14-7-5-12(15)6-8-14/h5-8,13,16H,2-4,9-11H2,1H3. The minimum Gasteiger partial charge on any atom is -0.370 e. The monoisotopic (exact) mass is 236 g/mol. The van der Waals surface area contributed by atoms with E-state index in [-0.39, 0.29) is 5.82 Å². The van der Waals surface area contributed by atoms with Crippen molar-refractivity contribution in [2.24, 2.45) is 0 Å². The van der Waals surface area contributed by atoms with Gasteiger partial charge in [-0.05, 0) is 50.1 Å². The summed E-state index contributed by atoms with van der Waals surface area (Å²) in [6.07, 6.45) is 3.63. The highest BCUT2D eigenvalue weighted by Crippen LogP contribution is 2.20. The summed E-state index contributed by atoms with van der Waals surface area (Å²) in [5, 5.41) is 3.57. The van der Waals surface area contributed by atoms with E-state index in [1.54, 1.807) is 12.1 Å². The molecule has 0 amide bonds. The molecule has 1 aliphatic rings. The number of piperidine rings is 1. The van der Waals surface area contributed by atoms with E-state index in [1.165, 1.54) is 19.3 Å². The second-order valence-electron chi connectivity index (χ2n) is 4.72. The molecular weight excluding hydrogens is 215 g/mol. The summed E-state index contributed by atoms with van der Waals surface area (Å²) in [6, 6.07) is 7.40. The van der Waals surface area contributed by atoms with Gasteiger partial charge in [0.2, 0.25) is 0 Å². The highest BCUT2D eigenvalue weighted by Gasteiger charge is 2.19. The molecule has 0 aromatic heterocycles. The van der Waals surface area contributed by atoms with E-state index in [9.17, 15) is 4.39 Å². The number of anilines is 1. The van der Waals surface area contributed by atoms with Crippen LogP contribution in [-0.2, 0) is 0 Å². The molecule has 1 heterocycles. The van der Waals surface area contributed by atoms with Gasteiger partial charge in [0.05, 0.1) is 0 Å². The number of hydrogen-bond donors (Lipinski definition) is 1. The fourth-order valence-electron chi connectivity index (χ4n) is 2.38. The second kappa shape index (κ2) is 6.01. The molecule has 0 radical (unpaired) electrons. The Labute approximate surface area is 103 Å². The quantitative estimate of drug-likeness (QED) is 0.864. The van der Waals surface area contributed by atoms with Crippen molar-refractivity contribution in [2.75, 3.05) is 24.5 Å². The Hall–Kier alpha value is -1.09. The molecule has 1 saturated heterocycles. The SMILES string of the molecule is CCCNC1CCCN(c2ccc(F)cc2)C1. The van der Waals surface area contributed by atoms with Crippen molar-refractivity contribution in [3.8, 4) is 0 Å². The van der Waals surface area contributed by atoms with Gasteiger partial charge in [0.1, 0.15) is 5.82 Å². The van der Waals surface area contributed by atoms with Crippen molar-refractivity contribution in [2.45, 2.75) is 32.2 Å². The van der Waals surface area contributed by atoms with Crippen LogP contribution in [0, 0.1) is 5.82 Å². The van der Waals surface area contributed by atoms with Crippen LogP contribution in [0.25, 0.3) is 0 Å². The van der Waals surface area contributed by atoms with Gasteiger partial charge in [-0.3, -0.25) is 0 Å². The maximum Gasteiger partial charge on any atom is 0.123 e. The van der Waals surface area contributed by atoms with Crippen molar-refractivity contribution in [1.29, 1.82) is 0 Å². The first-order valence-corrected chi connectivity index (χ1v) is 6.53. The number of halogens is 1. The fraction of sp³-hybridized carbons (Fsp3) is 0.571. The van der Waals surface area contributed by atoms with Crippen LogP contribution in [0.5, 0.6) is 0 Å². The second-order valence-corrected chi connectivity index (χ2v) is 4.72. The van der Waals surface area contributed by atoms with E-state index in [2.05, 4.69) is 17.1 Å². The molecule has 0 saturated carbocycles. The van der Waals surface area contributed by atoms with Gasteiger partial charge in [0, 0.05) is 24.8 Å². The minimum absolute atomic E-state index is 0.161. The number of nitrogens with zero attached hydrogens (tertiary/aromatic N) is 1. The Bertz CT molecular complexity index is 337. The van der Waals surface area contributed by atoms with Gasteiger partial charge in [-0.2, -0.15) is 0 Å². The number of rotatable bonds is 4. The molecule has 0 bridgehead atoms. The van der Waals surface area contributed by atoms with Gasteiger partial charge in [0.15, 0.2) is 0 Å². The number of hydrogen-bond acceptors (Lipinski definition) is 2. The van der Waals surface area contributed by atoms with Crippen LogP contribution in [0.4, 0.5) is 10.1 Å². The van der Waals surface area contributed by atoms with Crippen LogP contribution < -0.4 is 10.2 Å². The molecule has 1 aromatic carbocycles. The zero-order valence-corrected chi connectivity index (χ0v) is 10.5. The van der Waals surface area contributed by atoms with Crippen LogP contribution in [0.2, 0.25) is 0 Å². The lowest BCUT2D eigenvalue weighted by molar-refractivity contribution is 0.423. The molecule has 17 heavy (non-hydrogen) atoms. The average Bonchev–Trinajstić information content (AvgIpc) is 2.37. The van der Waals surface area contributed by atoms with E-state index in [4.69, 9.17) is 0 Å². The lowest BCUT2D eigenvalue weighted by Crippen LogP contribution is -2.46. The first kappa shape index (κ1) is 12.4. The van der Waals surface area contributed by atoms with Crippen molar-refractivity contribution in [1.82, 2.24) is 5.32 Å². The van der Waals surface area contributed by atoms with Crippen molar-refractivity contribution < 1.29 is 4.39 Å². The third kappa shape index (κ3) is 3.43. The topological polar surface area (TPSA) is 15.3 Å². The van der Waals surface area contributed by atoms with E-state index in [0.29, 0.717) is 6.04 Å². The summed E-state index contributed by atoms with van der Waals surface area (Å²) in [6.45, 7) is 5.39. The molecule has 1 fully saturated rings. The lowest BCUT2D eigenvalue weighted by Gasteiger charge is -2.35. The van der Waals surface area contributed by atoms with Crippen LogP contribution in [0.1, 0.15) is 26.2 Å². The molecule has 1 N–H and O–H groups in total. The van der Waals surface area contributed by atoms with Crippen molar-refractivity contribution >= 4 is 5.69 Å². The predicted octanol–water partition coefficient (Wildman–Crippen LogP) is 2.79. The molecule has 2 rings (SSSR count). The fourth-order valence-corrected chi connectivity index (χ4v) is 2.38. The van der Waals surface area contributed by atoms with E-state index >= 15 is 0 Å². The molecule has 1 unspecified atom stereocenters. The molecule has 2 nitrogen and oxygen atoms in total. The van der Waals surface area contributed by atoms with Gasteiger partial charge in [-0.25, -0.2) is 4.39 Å². The van der Waals surface area contributed by atoms with E-state index in [1.807, 2.05) is 12.1 Å². The Morgan fingerprint density at radius 2 is 2.12 bits per heavy atom. The molecule has 94 valence electrons. The third-order valence-electron chi connectivity index (χ3n) is 3.30. The van der Waals surface area contributed by atoms with E-state index < -0.39 is 0 Å². The zero-order chi connectivity index (χ0) is 12.1. The molecule has 1 aliphatic heterocycles. The zero-order valence-electron chi connectivity index (χ0n) is 10.5. The highest BCUT2D eigenvalue weighted by molar-refractivity contribution is 5.46. The van der Waals surface area contributed by atoms with E-state index in [0.717, 1.165) is 25.3 Å². The largest absolute Gasteiger partial charge is 0.370 e. The molecule has 1 aromatic rings. The maximum atomic E-state index is 12.9. The maximum absolute atomic E-state index is 12.9.